The number of hydrogen-bond donors (Lipinski definition) is 1. The van der Waals surface area contributed by atoms with Crippen molar-refractivity contribution < 1.29 is 4.42 Å². The lowest BCUT2D eigenvalue weighted by Gasteiger charge is -2.22. The largest absolute Gasteiger partial charge is 0.459 e. The molecule has 0 saturated heterocycles. The van der Waals surface area contributed by atoms with Crippen LogP contribution in [-0.4, -0.2) is 7.05 Å². The van der Waals surface area contributed by atoms with Gasteiger partial charge in [-0.05, 0) is 33.9 Å². The van der Waals surface area contributed by atoms with Crippen molar-refractivity contribution in [1.82, 2.24) is 5.32 Å². The van der Waals surface area contributed by atoms with Gasteiger partial charge >= 0.3 is 0 Å². The minimum atomic E-state index is -0.122. The number of hydrogen-bond acceptors (Lipinski definition) is 2. The molecule has 0 spiro atoms. The number of benzene rings is 1. The monoisotopic (exact) mass is 203 g/mol. The molecule has 1 heterocycles. The summed E-state index contributed by atoms with van der Waals surface area (Å²) in [6.07, 6.45) is 0. The van der Waals surface area contributed by atoms with Crippen molar-refractivity contribution in [3.63, 3.8) is 0 Å². The zero-order valence-electron chi connectivity index (χ0n) is 9.72. The van der Waals surface area contributed by atoms with Crippen molar-refractivity contribution >= 4 is 11.0 Å². The predicted octanol–water partition coefficient (Wildman–Crippen LogP) is 3.20. The number of aryl methyl sites for hydroxylation is 1. The SMILES string of the molecule is CNC(C)(C)c1oc2ccccc2c1C. The number of nitrogens with one attached hydrogen (secondary N) is 1. The third-order valence-corrected chi connectivity index (χ3v) is 3.04. The molecule has 2 rings (SSSR count). The standard InChI is InChI=1S/C13H17NO/c1-9-10-7-5-6-8-11(10)15-12(9)13(2,3)14-4/h5-8,14H,1-4H3. The molecule has 15 heavy (non-hydrogen) atoms. The second-order valence-corrected chi connectivity index (χ2v) is 4.43. The third-order valence-electron chi connectivity index (χ3n) is 3.04. The number of fused-ring (bicyclic) bond motifs is 1. The smallest absolute Gasteiger partial charge is 0.134 e. The first kappa shape index (κ1) is 10.2. The van der Waals surface area contributed by atoms with E-state index in [1.54, 1.807) is 0 Å². The zero-order chi connectivity index (χ0) is 11.1. The first-order valence-electron chi connectivity index (χ1n) is 5.24. The highest BCUT2D eigenvalue weighted by Crippen LogP contribution is 2.31. The fraction of sp³-hybridized carbons (Fsp3) is 0.385. The van der Waals surface area contributed by atoms with Crippen LogP contribution in [0.4, 0.5) is 0 Å². The Kier molecular flexibility index (Phi) is 2.31. The molecule has 0 aliphatic rings. The van der Waals surface area contributed by atoms with Gasteiger partial charge in [-0.1, -0.05) is 18.2 Å². The topological polar surface area (TPSA) is 25.2 Å². The Morgan fingerprint density at radius 2 is 1.87 bits per heavy atom. The lowest BCUT2D eigenvalue weighted by Crippen LogP contribution is -2.33. The normalized spacial score (nSPS) is 12.3. The van der Waals surface area contributed by atoms with Gasteiger partial charge in [0.25, 0.3) is 0 Å². The molecule has 80 valence electrons. The fourth-order valence-electron chi connectivity index (χ4n) is 1.88. The van der Waals surface area contributed by atoms with E-state index in [-0.39, 0.29) is 5.54 Å². The molecule has 0 radical (unpaired) electrons. The summed E-state index contributed by atoms with van der Waals surface area (Å²) in [7, 11) is 1.95. The zero-order valence-corrected chi connectivity index (χ0v) is 9.72. The molecule has 2 aromatic rings. The Bertz CT molecular complexity index is 482. The first-order chi connectivity index (χ1) is 7.06. The maximum atomic E-state index is 5.89. The Morgan fingerprint density at radius 1 is 1.20 bits per heavy atom. The molecule has 0 saturated carbocycles. The van der Waals surface area contributed by atoms with Gasteiger partial charge in [-0.3, -0.25) is 0 Å². The summed E-state index contributed by atoms with van der Waals surface area (Å²) < 4.78 is 5.89. The van der Waals surface area contributed by atoms with E-state index in [0.717, 1.165) is 11.3 Å². The quantitative estimate of drug-likeness (QED) is 0.810. The highest BCUT2D eigenvalue weighted by molar-refractivity contribution is 5.82. The van der Waals surface area contributed by atoms with Crippen molar-refractivity contribution in [2.75, 3.05) is 7.05 Å². The minimum absolute atomic E-state index is 0.122. The Labute approximate surface area is 90.3 Å². The first-order valence-corrected chi connectivity index (χ1v) is 5.24. The molecule has 0 aliphatic heterocycles. The van der Waals surface area contributed by atoms with E-state index in [2.05, 4.69) is 32.2 Å². The Balaban J connectivity index is 2.68. The van der Waals surface area contributed by atoms with Crippen molar-refractivity contribution in [3.05, 3.63) is 35.6 Å². The van der Waals surface area contributed by atoms with Crippen LogP contribution in [0, 0.1) is 6.92 Å². The van der Waals surface area contributed by atoms with Crippen LogP contribution in [0.5, 0.6) is 0 Å². The molecule has 0 unspecified atom stereocenters. The van der Waals surface area contributed by atoms with Crippen molar-refractivity contribution in [1.29, 1.82) is 0 Å². The highest BCUT2D eigenvalue weighted by atomic mass is 16.3. The van der Waals surface area contributed by atoms with Crippen molar-refractivity contribution in [2.24, 2.45) is 0 Å². The summed E-state index contributed by atoms with van der Waals surface area (Å²) in [6, 6.07) is 8.16. The summed E-state index contributed by atoms with van der Waals surface area (Å²) in [4.78, 5) is 0. The van der Waals surface area contributed by atoms with Crippen LogP contribution in [0.25, 0.3) is 11.0 Å². The predicted molar refractivity (Wildman–Crippen MR) is 63.0 cm³/mol. The van der Waals surface area contributed by atoms with E-state index < -0.39 is 0 Å². The summed E-state index contributed by atoms with van der Waals surface area (Å²) in [5.41, 5.74) is 2.07. The molecule has 1 aromatic heterocycles. The molecule has 0 fully saturated rings. The van der Waals surface area contributed by atoms with Gasteiger partial charge in [-0.25, -0.2) is 0 Å². The number of furan rings is 1. The van der Waals surface area contributed by atoms with Gasteiger partial charge in [-0.15, -0.1) is 0 Å². The maximum Gasteiger partial charge on any atom is 0.134 e. The van der Waals surface area contributed by atoms with E-state index in [1.165, 1.54) is 10.9 Å². The molecule has 0 amide bonds. The molecular formula is C13H17NO. The van der Waals surface area contributed by atoms with E-state index in [9.17, 15) is 0 Å². The lowest BCUT2D eigenvalue weighted by atomic mass is 9.98. The van der Waals surface area contributed by atoms with Gasteiger partial charge < -0.3 is 9.73 Å². The van der Waals surface area contributed by atoms with Crippen LogP contribution in [0.2, 0.25) is 0 Å². The number of para-hydroxylation sites is 1. The second-order valence-electron chi connectivity index (χ2n) is 4.43. The van der Waals surface area contributed by atoms with E-state index in [0.29, 0.717) is 0 Å². The van der Waals surface area contributed by atoms with Crippen molar-refractivity contribution in [3.8, 4) is 0 Å². The fourth-order valence-corrected chi connectivity index (χ4v) is 1.88. The van der Waals surface area contributed by atoms with Gasteiger partial charge in [0.05, 0.1) is 5.54 Å². The lowest BCUT2D eigenvalue weighted by molar-refractivity contribution is 0.351. The van der Waals surface area contributed by atoms with Gasteiger partial charge in [0, 0.05) is 10.9 Å². The van der Waals surface area contributed by atoms with E-state index in [1.807, 2.05) is 25.2 Å². The van der Waals surface area contributed by atoms with Gasteiger partial charge in [-0.2, -0.15) is 0 Å². The maximum absolute atomic E-state index is 5.89. The van der Waals surface area contributed by atoms with E-state index in [4.69, 9.17) is 4.42 Å². The molecule has 0 aliphatic carbocycles. The van der Waals surface area contributed by atoms with Crippen LogP contribution < -0.4 is 5.32 Å². The Hall–Kier alpha value is -1.28. The van der Waals surface area contributed by atoms with Gasteiger partial charge in [0.2, 0.25) is 0 Å². The van der Waals surface area contributed by atoms with Crippen LogP contribution in [0.3, 0.4) is 0 Å². The molecule has 1 N–H and O–H groups in total. The molecular weight excluding hydrogens is 186 g/mol. The van der Waals surface area contributed by atoms with Crippen LogP contribution in [0.1, 0.15) is 25.2 Å². The van der Waals surface area contributed by atoms with Gasteiger partial charge in [0.15, 0.2) is 0 Å². The second kappa shape index (κ2) is 3.38. The summed E-state index contributed by atoms with van der Waals surface area (Å²) >= 11 is 0. The van der Waals surface area contributed by atoms with Crippen molar-refractivity contribution in [2.45, 2.75) is 26.3 Å². The van der Waals surface area contributed by atoms with Crippen LogP contribution >= 0.6 is 0 Å². The average molecular weight is 203 g/mol. The minimum Gasteiger partial charge on any atom is -0.459 e. The average Bonchev–Trinajstić information content (AvgIpc) is 2.58. The summed E-state index contributed by atoms with van der Waals surface area (Å²) in [5, 5.41) is 4.47. The summed E-state index contributed by atoms with van der Waals surface area (Å²) in [6.45, 7) is 6.36. The molecule has 2 nitrogen and oxygen atoms in total. The highest BCUT2D eigenvalue weighted by Gasteiger charge is 2.25. The molecule has 2 heteroatoms. The van der Waals surface area contributed by atoms with Crippen LogP contribution in [0.15, 0.2) is 28.7 Å². The van der Waals surface area contributed by atoms with Gasteiger partial charge in [0.1, 0.15) is 11.3 Å². The molecule has 1 aromatic carbocycles. The third kappa shape index (κ3) is 1.55. The Morgan fingerprint density at radius 3 is 2.47 bits per heavy atom. The summed E-state index contributed by atoms with van der Waals surface area (Å²) in [5.74, 6) is 1.02. The number of rotatable bonds is 2. The van der Waals surface area contributed by atoms with Crippen LogP contribution in [-0.2, 0) is 5.54 Å². The van der Waals surface area contributed by atoms with E-state index >= 15 is 0 Å². The molecule has 0 bridgehead atoms. The molecule has 0 atom stereocenters.